The molecule has 0 aromatic rings. The summed E-state index contributed by atoms with van der Waals surface area (Å²) in [5.41, 5.74) is 0. The Morgan fingerprint density at radius 3 is 2.48 bits per heavy atom. The van der Waals surface area contributed by atoms with Crippen molar-refractivity contribution in [3.63, 3.8) is 0 Å². The van der Waals surface area contributed by atoms with E-state index in [1.165, 1.54) is 6.42 Å². The van der Waals surface area contributed by atoms with Crippen LogP contribution in [0.25, 0.3) is 0 Å². The number of halogens is 1. The van der Waals surface area contributed by atoms with Crippen molar-refractivity contribution in [1.82, 2.24) is 10.6 Å². The number of aliphatic hydroxyl groups is 1. The molecule has 23 heavy (non-hydrogen) atoms. The second-order valence-corrected chi connectivity index (χ2v) is 6.12. The SMILES string of the molecule is CCCCOCCNC(=NCC(CCO)CC(C)C)NCC.I. The third-order valence-corrected chi connectivity index (χ3v) is 3.37. The summed E-state index contributed by atoms with van der Waals surface area (Å²) in [6, 6.07) is 0. The van der Waals surface area contributed by atoms with Crippen LogP contribution in [0.5, 0.6) is 0 Å². The number of ether oxygens (including phenoxy) is 1. The van der Waals surface area contributed by atoms with E-state index in [2.05, 4.69) is 43.3 Å². The van der Waals surface area contributed by atoms with E-state index in [0.717, 1.165) is 51.5 Å². The van der Waals surface area contributed by atoms with Crippen molar-refractivity contribution in [3.8, 4) is 0 Å². The predicted octanol–water partition coefficient (Wildman–Crippen LogP) is 3.02. The summed E-state index contributed by atoms with van der Waals surface area (Å²) in [5, 5.41) is 15.7. The van der Waals surface area contributed by atoms with E-state index < -0.39 is 0 Å². The van der Waals surface area contributed by atoms with Gasteiger partial charge in [0.25, 0.3) is 0 Å². The minimum atomic E-state index is 0. The number of hydrogen-bond acceptors (Lipinski definition) is 3. The first-order chi connectivity index (χ1) is 10.6. The van der Waals surface area contributed by atoms with Crippen molar-refractivity contribution < 1.29 is 9.84 Å². The van der Waals surface area contributed by atoms with Gasteiger partial charge >= 0.3 is 0 Å². The number of nitrogens with zero attached hydrogens (tertiary/aromatic N) is 1. The van der Waals surface area contributed by atoms with Gasteiger partial charge < -0.3 is 20.5 Å². The maximum atomic E-state index is 9.17. The third-order valence-electron chi connectivity index (χ3n) is 3.37. The fourth-order valence-corrected chi connectivity index (χ4v) is 2.29. The Bertz CT molecular complexity index is 277. The molecule has 1 unspecified atom stereocenters. The molecule has 0 aliphatic heterocycles. The number of guanidine groups is 1. The van der Waals surface area contributed by atoms with E-state index >= 15 is 0 Å². The highest BCUT2D eigenvalue weighted by Crippen LogP contribution is 2.15. The fraction of sp³-hybridized carbons (Fsp3) is 0.941. The highest BCUT2D eigenvalue weighted by molar-refractivity contribution is 14.0. The summed E-state index contributed by atoms with van der Waals surface area (Å²) in [4.78, 5) is 4.65. The summed E-state index contributed by atoms with van der Waals surface area (Å²) in [7, 11) is 0. The quantitative estimate of drug-likeness (QED) is 0.177. The second-order valence-electron chi connectivity index (χ2n) is 6.12. The molecule has 0 aromatic carbocycles. The summed E-state index contributed by atoms with van der Waals surface area (Å²) < 4.78 is 5.54. The van der Waals surface area contributed by atoms with Crippen LogP contribution in [-0.2, 0) is 4.74 Å². The van der Waals surface area contributed by atoms with Gasteiger partial charge in [0, 0.05) is 32.8 Å². The van der Waals surface area contributed by atoms with Crippen LogP contribution in [-0.4, -0.2) is 50.5 Å². The largest absolute Gasteiger partial charge is 0.396 e. The van der Waals surface area contributed by atoms with Gasteiger partial charge in [-0.2, -0.15) is 0 Å². The number of hydrogen-bond donors (Lipinski definition) is 3. The van der Waals surface area contributed by atoms with Crippen LogP contribution in [0, 0.1) is 11.8 Å². The fourth-order valence-electron chi connectivity index (χ4n) is 2.29. The molecule has 140 valence electrons. The minimum absolute atomic E-state index is 0. The molecule has 0 fully saturated rings. The first kappa shape index (κ1) is 25.2. The zero-order chi connectivity index (χ0) is 16.6. The minimum Gasteiger partial charge on any atom is -0.396 e. The lowest BCUT2D eigenvalue weighted by molar-refractivity contribution is 0.136. The molecule has 0 aliphatic carbocycles. The Morgan fingerprint density at radius 1 is 1.17 bits per heavy atom. The van der Waals surface area contributed by atoms with Crippen molar-refractivity contribution in [2.75, 3.05) is 39.5 Å². The summed E-state index contributed by atoms with van der Waals surface area (Å²) >= 11 is 0. The Morgan fingerprint density at radius 2 is 1.91 bits per heavy atom. The van der Waals surface area contributed by atoms with Crippen molar-refractivity contribution in [2.45, 2.75) is 53.4 Å². The van der Waals surface area contributed by atoms with Crippen molar-refractivity contribution in [3.05, 3.63) is 0 Å². The predicted molar refractivity (Wildman–Crippen MR) is 110 cm³/mol. The summed E-state index contributed by atoms with van der Waals surface area (Å²) in [6.45, 7) is 12.8. The van der Waals surface area contributed by atoms with Crippen LogP contribution in [0.2, 0.25) is 0 Å². The van der Waals surface area contributed by atoms with Crippen LogP contribution in [0.4, 0.5) is 0 Å². The van der Waals surface area contributed by atoms with Crippen LogP contribution in [0.1, 0.15) is 53.4 Å². The monoisotopic (exact) mass is 443 g/mol. The molecular formula is C17H38IN3O2. The lowest BCUT2D eigenvalue weighted by atomic mass is 9.94. The van der Waals surface area contributed by atoms with E-state index in [0.29, 0.717) is 18.4 Å². The smallest absolute Gasteiger partial charge is 0.191 e. The highest BCUT2D eigenvalue weighted by atomic mass is 127. The molecule has 0 aromatic heterocycles. The number of aliphatic hydroxyl groups excluding tert-OH is 1. The van der Waals surface area contributed by atoms with E-state index in [4.69, 9.17) is 9.84 Å². The van der Waals surface area contributed by atoms with E-state index in [9.17, 15) is 0 Å². The Balaban J connectivity index is 0. The Hall–Kier alpha value is -0.0800. The lowest BCUT2D eigenvalue weighted by Gasteiger charge is -2.17. The van der Waals surface area contributed by atoms with E-state index in [-0.39, 0.29) is 30.6 Å². The van der Waals surface area contributed by atoms with Gasteiger partial charge in [0.15, 0.2) is 5.96 Å². The second kappa shape index (κ2) is 18.3. The van der Waals surface area contributed by atoms with Gasteiger partial charge in [-0.3, -0.25) is 4.99 Å². The van der Waals surface area contributed by atoms with E-state index in [1.807, 2.05) is 0 Å². The van der Waals surface area contributed by atoms with Crippen molar-refractivity contribution in [1.29, 1.82) is 0 Å². The normalized spacial score (nSPS) is 12.9. The number of rotatable bonds is 13. The molecule has 0 rings (SSSR count). The van der Waals surface area contributed by atoms with Crippen LogP contribution < -0.4 is 10.6 Å². The highest BCUT2D eigenvalue weighted by Gasteiger charge is 2.10. The maximum Gasteiger partial charge on any atom is 0.191 e. The molecule has 3 N–H and O–H groups in total. The van der Waals surface area contributed by atoms with Crippen molar-refractivity contribution in [2.24, 2.45) is 16.8 Å². The van der Waals surface area contributed by atoms with Gasteiger partial charge in [0.1, 0.15) is 0 Å². The van der Waals surface area contributed by atoms with Crippen LogP contribution in [0.3, 0.4) is 0 Å². The molecule has 0 bridgehead atoms. The molecular weight excluding hydrogens is 405 g/mol. The van der Waals surface area contributed by atoms with Crippen molar-refractivity contribution >= 4 is 29.9 Å². The van der Waals surface area contributed by atoms with Crippen LogP contribution in [0.15, 0.2) is 4.99 Å². The molecule has 0 saturated heterocycles. The summed E-state index contributed by atoms with van der Waals surface area (Å²) in [5.74, 6) is 1.92. The zero-order valence-electron chi connectivity index (χ0n) is 15.4. The first-order valence-electron chi connectivity index (χ1n) is 8.84. The molecule has 6 heteroatoms. The molecule has 0 heterocycles. The molecule has 0 radical (unpaired) electrons. The molecule has 0 spiro atoms. The molecule has 0 aliphatic rings. The number of aliphatic imine (C=N–C) groups is 1. The van der Waals surface area contributed by atoms with Gasteiger partial charge in [0.05, 0.1) is 6.61 Å². The summed E-state index contributed by atoms with van der Waals surface area (Å²) in [6.07, 6.45) is 4.20. The van der Waals surface area contributed by atoms with Gasteiger partial charge in [-0.05, 0) is 38.0 Å². The molecule has 1 atom stereocenters. The van der Waals surface area contributed by atoms with E-state index in [1.54, 1.807) is 0 Å². The number of nitrogens with one attached hydrogen (secondary N) is 2. The van der Waals surface area contributed by atoms with Gasteiger partial charge in [-0.1, -0.05) is 27.2 Å². The molecule has 5 nitrogen and oxygen atoms in total. The average Bonchev–Trinajstić information content (AvgIpc) is 2.47. The topological polar surface area (TPSA) is 65.9 Å². The Kier molecular flexibility index (Phi) is 20.0. The average molecular weight is 443 g/mol. The van der Waals surface area contributed by atoms with Gasteiger partial charge in [-0.15, -0.1) is 24.0 Å². The van der Waals surface area contributed by atoms with Crippen LogP contribution >= 0.6 is 24.0 Å². The van der Waals surface area contributed by atoms with Gasteiger partial charge in [0.2, 0.25) is 0 Å². The maximum absolute atomic E-state index is 9.17. The molecule has 0 amide bonds. The molecule has 0 saturated carbocycles. The first-order valence-corrected chi connectivity index (χ1v) is 8.84. The zero-order valence-corrected chi connectivity index (χ0v) is 17.8. The lowest BCUT2D eigenvalue weighted by Crippen LogP contribution is -2.39. The third kappa shape index (κ3) is 16.6. The standard InChI is InChI=1S/C17H37N3O2.HI/c1-5-7-11-22-12-9-19-17(18-6-2)20-14-16(8-10-21)13-15(3)4;/h15-16,21H,5-14H2,1-4H3,(H2,18,19,20);1H. The van der Waals surface area contributed by atoms with Gasteiger partial charge in [-0.25, -0.2) is 0 Å². The Labute approximate surface area is 160 Å². The number of unbranched alkanes of at least 4 members (excludes halogenated alkanes) is 1.